The molecule has 1 saturated heterocycles. The van der Waals surface area contributed by atoms with E-state index < -0.39 is 10.3 Å². The summed E-state index contributed by atoms with van der Waals surface area (Å²) in [5.74, 6) is 2.05. The van der Waals surface area contributed by atoms with Crippen LogP contribution in [0.2, 0.25) is 0 Å². The number of hydrogen-bond acceptors (Lipinski definition) is 3. The maximum absolute atomic E-state index is 10.4. The van der Waals surface area contributed by atoms with Gasteiger partial charge in [-0.2, -0.15) is 24.9 Å². The molecule has 4 nitrogen and oxygen atoms in total. The summed E-state index contributed by atoms with van der Waals surface area (Å²) in [6.07, 6.45) is 2.65. The Kier molecular flexibility index (Phi) is 7.28. The molecule has 13 heavy (non-hydrogen) atoms. The average molecular weight is 235 g/mol. The van der Waals surface area contributed by atoms with E-state index in [4.69, 9.17) is 4.55 Å². The van der Waals surface area contributed by atoms with Gasteiger partial charge in [0.25, 0.3) is 0 Å². The predicted octanol–water partition coefficient (Wildman–Crippen LogP) is 0.0160. The van der Waals surface area contributed by atoms with Gasteiger partial charge in [-0.15, -0.1) is 0 Å². The van der Waals surface area contributed by atoms with Crippen LogP contribution in [0.5, 0.6) is 0 Å². The first-order valence-electron chi connectivity index (χ1n) is 3.90. The zero-order valence-electron chi connectivity index (χ0n) is 6.69. The SMILES string of the molecule is O=S(=O)(O)NC1CCCSCC1.[NaH]. The van der Waals surface area contributed by atoms with E-state index in [1.165, 1.54) is 0 Å². The number of hydrogen-bond donors (Lipinski definition) is 2. The van der Waals surface area contributed by atoms with E-state index in [-0.39, 0.29) is 35.6 Å². The zero-order valence-corrected chi connectivity index (χ0v) is 8.33. The standard InChI is InChI=1S/C6H13NO3S2.Na.H/c8-12(9,10)7-6-2-1-4-11-5-3-6;;/h6-7H,1-5H2,(H,8,9,10);;. The Hall–Kier alpha value is 1.22. The molecule has 1 unspecified atom stereocenters. The second-order valence-corrected chi connectivity index (χ2v) is 5.24. The van der Waals surface area contributed by atoms with Crippen LogP contribution in [0.3, 0.4) is 0 Å². The fourth-order valence-corrected chi connectivity index (χ4v) is 2.92. The molecule has 1 rings (SSSR count). The topological polar surface area (TPSA) is 66.4 Å². The van der Waals surface area contributed by atoms with Crippen molar-refractivity contribution in [3.63, 3.8) is 0 Å². The van der Waals surface area contributed by atoms with Gasteiger partial charge in [0.15, 0.2) is 0 Å². The van der Waals surface area contributed by atoms with Crippen molar-refractivity contribution in [2.75, 3.05) is 11.5 Å². The van der Waals surface area contributed by atoms with Crippen molar-refractivity contribution in [3.8, 4) is 0 Å². The zero-order chi connectivity index (χ0) is 9.03. The Morgan fingerprint density at radius 1 is 1.31 bits per heavy atom. The van der Waals surface area contributed by atoms with Gasteiger partial charge in [0.2, 0.25) is 0 Å². The van der Waals surface area contributed by atoms with Crippen molar-refractivity contribution < 1.29 is 13.0 Å². The van der Waals surface area contributed by atoms with Crippen LogP contribution in [0.4, 0.5) is 0 Å². The van der Waals surface area contributed by atoms with Gasteiger partial charge in [-0.05, 0) is 30.8 Å². The molecule has 2 N–H and O–H groups in total. The first-order chi connectivity index (χ1) is 5.58. The Bertz CT molecular complexity index is 224. The molecule has 0 aromatic heterocycles. The van der Waals surface area contributed by atoms with Gasteiger partial charge in [0, 0.05) is 6.04 Å². The van der Waals surface area contributed by atoms with Crippen molar-refractivity contribution in [1.82, 2.24) is 4.72 Å². The van der Waals surface area contributed by atoms with Crippen molar-refractivity contribution in [2.45, 2.75) is 25.3 Å². The van der Waals surface area contributed by atoms with E-state index in [2.05, 4.69) is 4.72 Å². The summed E-state index contributed by atoms with van der Waals surface area (Å²) in [7, 11) is -4.00. The molecule has 0 saturated carbocycles. The van der Waals surface area contributed by atoms with Gasteiger partial charge < -0.3 is 0 Å². The number of thioether (sulfide) groups is 1. The minimum absolute atomic E-state index is 0. The van der Waals surface area contributed by atoms with E-state index in [0.717, 1.165) is 30.8 Å². The van der Waals surface area contributed by atoms with Crippen molar-refractivity contribution in [2.24, 2.45) is 0 Å². The van der Waals surface area contributed by atoms with Gasteiger partial charge in [-0.25, -0.2) is 0 Å². The molecular formula is C6H14NNaO3S2. The van der Waals surface area contributed by atoms with Gasteiger partial charge in [-0.1, -0.05) is 0 Å². The Morgan fingerprint density at radius 2 is 2.00 bits per heavy atom. The van der Waals surface area contributed by atoms with E-state index in [1.807, 2.05) is 11.8 Å². The molecule has 0 aromatic carbocycles. The van der Waals surface area contributed by atoms with Crippen LogP contribution in [-0.4, -0.2) is 60.1 Å². The molecule has 0 bridgehead atoms. The normalized spacial score (nSPS) is 24.5. The van der Waals surface area contributed by atoms with Gasteiger partial charge >= 0.3 is 39.9 Å². The molecule has 1 aliphatic heterocycles. The van der Waals surface area contributed by atoms with Crippen LogP contribution < -0.4 is 4.72 Å². The molecule has 7 heteroatoms. The third kappa shape index (κ3) is 7.18. The first kappa shape index (κ1) is 14.2. The summed E-state index contributed by atoms with van der Waals surface area (Å²) < 4.78 is 31.6. The molecule has 1 fully saturated rings. The van der Waals surface area contributed by atoms with Crippen molar-refractivity contribution in [3.05, 3.63) is 0 Å². The summed E-state index contributed by atoms with van der Waals surface area (Å²) in [5, 5.41) is 0. The van der Waals surface area contributed by atoms with Crippen LogP contribution in [0, 0.1) is 0 Å². The number of rotatable bonds is 2. The Morgan fingerprint density at radius 3 is 2.62 bits per heavy atom. The summed E-state index contributed by atoms with van der Waals surface area (Å²) in [5.41, 5.74) is 0. The first-order valence-corrected chi connectivity index (χ1v) is 6.50. The second-order valence-electron chi connectivity index (χ2n) is 2.83. The van der Waals surface area contributed by atoms with E-state index in [9.17, 15) is 8.42 Å². The quantitative estimate of drug-likeness (QED) is 0.523. The molecule has 1 aliphatic rings. The van der Waals surface area contributed by atoms with E-state index in [0.29, 0.717) is 0 Å². The van der Waals surface area contributed by atoms with Crippen LogP contribution in [0.25, 0.3) is 0 Å². The Balaban J connectivity index is 0.00000144. The molecule has 0 radical (unpaired) electrons. The molecule has 0 aliphatic carbocycles. The summed E-state index contributed by atoms with van der Waals surface area (Å²) in [4.78, 5) is 0. The fraction of sp³-hybridized carbons (Fsp3) is 1.00. The summed E-state index contributed by atoms with van der Waals surface area (Å²) in [6.45, 7) is 0. The van der Waals surface area contributed by atoms with E-state index >= 15 is 0 Å². The minimum atomic E-state index is -4.00. The summed E-state index contributed by atoms with van der Waals surface area (Å²) >= 11 is 1.83. The molecule has 0 aromatic rings. The summed E-state index contributed by atoms with van der Waals surface area (Å²) in [6, 6.07) is -0.0741. The van der Waals surface area contributed by atoms with Crippen molar-refractivity contribution >= 4 is 51.6 Å². The van der Waals surface area contributed by atoms with Crippen LogP contribution in [0.15, 0.2) is 0 Å². The maximum atomic E-state index is 10.4. The van der Waals surface area contributed by atoms with Gasteiger partial charge in [0.1, 0.15) is 0 Å². The number of nitrogens with one attached hydrogen (secondary N) is 1. The van der Waals surface area contributed by atoms with Gasteiger partial charge in [0.05, 0.1) is 0 Å². The molecule has 74 valence electrons. The molecule has 0 spiro atoms. The van der Waals surface area contributed by atoms with Crippen molar-refractivity contribution in [1.29, 1.82) is 0 Å². The fourth-order valence-electron chi connectivity index (χ4n) is 1.23. The van der Waals surface area contributed by atoms with Crippen LogP contribution in [-0.2, 0) is 10.3 Å². The third-order valence-corrected chi connectivity index (χ3v) is 3.50. The second kappa shape index (κ2) is 6.66. The monoisotopic (exact) mass is 235 g/mol. The molecule has 1 atom stereocenters. The van der Waals surface area contributed by atoms with Gasteiger partial charge in [-0.3, -0.25) is 4.55 Å². The molecule has 0 amide bonds. The molecular weight excluding hydrogens is 221 g/mol. The third-order valence-electron chi connectivity index (χ3n) is 1.77. The van der Waals surface area contributed by atoms with Crippen LogP contribution in [0.1, 0.15) is 19.3 Å². The van der Waals surface area contributed by atoms with E-state index in [1.54, 1.807) is 0 Å². The molecule has 1 heterocycles. The average Bonchev–Trinajstić information content (AvgIpc) is 2.12. The van der Waals surface area contributed by atoms with Crippen LogP contribution >= 0.6 is 11.8 Å². The Labute approximate surface area is 105 Å². The predicted molar refractivity (Wildman–Crippen MR) is 56.8 cm³/mol.